The van der Waals surface area contributed by atoms with Crippen LogP contribution in [0, 0.1) is 13.8 Å². The molecule has 1 aromatic rings. The Balaban J connectivity index is 2.00. The predicted octanol–water partition coefficient (Wildman–Crippen LogP) is 1.47. The first kappa shape index (κ1) is 13.3. The van der Waals surface area contributed by atoms with Crippen molar-refractivity contribution in [2.45, 2.75) is 38.4 Å². The minimum atomic E-state index is -2.93. The number of sulfone groups is 1. The van der Waals surface area contributed by atoms with Gasteiger partial charge in [0.15, 0.2) is 9.84 Å². The fraction of sp³-hybridized carbons (Fsp3) is 0.667. The number of aromatic nitrogens is 2. The number of aryl methyl sites for hydroxylation is 2. The molecule has 2 rings (SSSR count). The summed E-state index contributed by atoms with van der Waals surface area (Å²) in [6, 6.07) is 0. The quantitative estimate of drug-likeness (QED) is 0.899. The Morgan fingerprint density at radius 1 is 1.39 bits per heavy atom. The predicted molar refractivity (Wildman–Crippen MR) is 71.4 cm³/mol. The van der Waals surface area contributed by atoms with Crippen molar-refractivity contribution in [1.29, 1.82) is 0 Å². The SMILES string of the molecule is Cc1cnc(NCC2CCCCS2(=O)=O)nc1C. The third-order valence-corrected chi connectivity index (χ3v) is 5.70. The van der Waals surface area contributed by atoms with Crippen molar-refractivity contribution < 1.29 is 8.42 Å². The molecule has 6 heteroatoms. The topological polar surface area (TPSA) is 72.0 Å². The van der Waals surface area contributed by atoms with E-state index in [-0.39, 0.29) is 5.25 Å². The molecule has 1 unspecified atom stereocenters. The summed E-state index contributed by atoms with van der Waals surface area (Å²) in [5.74, 6) is 0.825. The van der Waals surface area contributed by atoms with Crippen LogP contribution in [0.4, 0.5) is 5.95 Å². The van der Waals surface area contributed by atoms with Gasteiger partial charge in [-0.1, -0.05) is 6.42 Å². The molecule has 0 amide bonds. The van der Waals surface area contributed by atoms with Gasteiger partial charge in [-0.3, -0.25) is 0 Å². The molecule has 2 heterocycles. The van der Waals surface area contributed by atoms with Gasteiger partial charge in [-0.05, 0) is 32.3 Å². The number of nitrogens with one attached hydrogen (secondary N) is 1. The Morgan fingerprint density at radius 3 is 2.83 bits per heavy atom. The van der Waals surface area contributed by atoms with Crippen LogP contribution < -0.4 is 5.32 Å². The fourth-order valence-electron chi connectivity index (χ4n) is 2.07. The Hall–Kier alpha value is -1.17. The highest BCUT2D eigenvalue weighted by molar-refractivity contribution is 7.92. The zero-order chi connectivity index (χ0) is 13.2. The monoisotopic (exact) mass is 269 g/mol. The number of hydrogen-bond acceptors (Lipinski definition) is 5. The molecule has 100 valence electrons. The van der Waals surface area contributed by atoms with Crippen LogP contribution in [-0.4, -0.2) is 35.9 Å². The Kier molecular flexibility index (Phi) is 3.85. The van der Waals surface area contributed by atoms with Crippen molar-refractivity contribution in [3.05, 3.63) is 17.5 Å². The number of nitrogens with zero attached hydrogens (tertiary/aromatic N) is 2. The summed E-state index contributed by atoms with van der Waals surface area (Å²) in [5.41, 5.74) is 1.95. The molecule has 0 spiro atoms. The van der Waals surface area contributed by atoms with E-state index in [0.29, 0.717) is 18.2 Å². The Labute approximate surface area is 108 Å². The van der Waals surface area contributed by atoms with Gasteiger partial charge in [0.2, 0.25) is 5.95 Å². The highest BCUT2D eigenvalue weighted by atomic mass is 32.2. The average Bonchev–Trinajstić information content (AvgIpc) is 2.31. The second-order valence-electron chi connectivity index (χ2n) is 4.83. The number of hydrogen-bond donors (Lipinski definition) is 1. The van der Waals surface area contributed by atoms with Crippen LogP contribution in [0.15, 0.2) is 6.20 Å². The second kappa shape index (κ2) is 5.22. The van der Waals surface area contributed by atoms with Gasteiger partial charge in [0.05, 0.1) is 11.0 Å². The molecule has 1 aliphatic heterocycles. The van der Waals surface area contributed by atoms with Gasteiger partial charge in [0.25, 0.3) is 0 Å². The molecule has 1 saturated heterocycles. The van der Waals surface area contributed by atoms with Gasteiger partial charge in [0.1, 0.15) is 0 Å². The molecule has 0 bridgehead atoms. The molecular formula is C12H19N3O2S. The van der Waals surface area contributed by atoms with Crippen LogP contribution >= 0.6 is 0 Å². The van der Waals surface area contributed by atoms with E-state index in [9.17, 15) is 8.42 Å². The summed E-state index contributed by atoms with van der Waals surface area (Å²) in [7, 11) is -2.93. The summed E-state index contributed by atoms with van der Waals surface area (Å²) >= 11 is 0. The zero-order valence-electron chi connectivity index (χ0n) is 10.8. The maximum Gasteiger partial charge on any atom is 0.222 e. The van der Waals surface area contributed by atoms with Crippen LogP contribution in [0.1, 0.15) is 30.5 Å². The van der Waals surface area contributed by atoms with E-state index in [1.54, 1.807) is 6.20 Å². The van der Waals surface area contributed by atoms with Gasteiger partial charge >= 0.3 is 0 Å². The van der Waals surface area contributed by atoms with Crippen molar-refractivity contribution in [1.82, 2.24) is 9.97 Å². The summed E-state index contributed by atoms with van der Waals surface area (Å²) in [6.07, 6.45) is 4.26. The molecule has 1 fully saturated rings. The molecule has 1 aromatic heterocycles. The first-order valence-electron chi connectivity index (χ1n) is 6.25. The first-order chi connectivity index (χ1) is 8.49. The fourth-order valence-corrected chi connectivity index (χ4v) is 3.87. The largest absolute Gasteiger partial charge is 0.353 e. The minimum Gasteiger partial charge on any atom is -0.353 e. The van der Waals surface area contributed by atoms with E-state index in [4.69, 9.17) is 0 Å². The van der Waals surface area contributed by atoms with Gasteiger partial charge in [-0.2, -0.15) is 0 Å². The lowest BCUT2D eigenvalue weighted by molar-refractivity contribution is 0.544. The lowest BCUT2D eigenvalue weighted by Crippen LogP contribution is -2.34. The Bertz CT molecular complexity index is 528. The molecule has 0 radical (unpaired) electrons. The minimum absolute atomic E-state index is 0.295. The van der Waals surface area contributed by atoms with Crippen LogP contribution in [0.3, 0.4) is 0 Å². The summed E-state index contributed by atoms with van der Waals surface area (Å²) in [6.45, 7) is 4.27. The van der Waals surface area contributed by atoms with Crippen LogP contribution in [0.5, 0.6) is 0 Å². The van der Waals surface area contributed by atoms with E-state index in [2.05, 4.69) is 15.3 Å². The van der Waals surface area contributed by atoms with Gasteiger partial charge in [0, 0.05) is 18.4 Å². The average molecular weight is 269 g/mol. The Morgan fingerprint density at radius 2 is 2.17 bits per heavy atom. The molecule has 0 aliphatic carbocycles. The molecule has 0 aromatic carbocycles. The third-order valence-electron chi connectivity index (χ3n) is 3.43. The van der Waals surface area contributed by atoms with Crippen LogP contribution in [-0.2, 0) is 9.84 Å². The second-order valence-corrected chi connectivity index (χ2v) is 7.23. The van der Waals surface area contributed by atoms with Crippen LogP contribution in [0.25, 0.3) is 0 Å². The van der Waals surface area contributed by atoms with Crippen molar-refractivity contribution in [3.8, 4) is 0 Å². The summed E-state index contributed by atoms with van der Waals surface area (Å²) in [4.78, 5) is 8.44. The van der Waals surface area contributed by atoms with Crippen molar-refractivity contribution in [2.24, 2.45) is 0 Å². The molecule has 1 atom stereocenters. The summed E-state index contributed by atoms with van der Waals surface area (Å²) in [5, 5.41) is 2.74. The number of rotatable bonds is 3. The molecule has 5 nitrogen and oxygen atoms in total. The van der Waals surface area contributed by atoms with Crippen molar-refractivity contribution >= 4 is 15.8 Å². The lowest BCUT2D eigenvalue weighted by atomic mass is 10.2. The molecular weight excluding hydrogens is 250 g/mol. The molecule has 1 N–H and O–H groups in total. The molecule has 1 aliphatic rings. The third kappa shape index (κ3) is 2.98. The van der Waals surface area contributed by atoms with Gasteiger partial charge in [-0.25, -0.2) is 18.4 Å². The van der Waals surface area contributed by atoms with E-state index in [0.717, 1.165) is 30.5 Å². The van der Waals surface area contributed by atoms with E-state index in [1.165, 1.54) is 0 Å². The van der Waals surface area contributed by atoms with E-state index in [1.807, 2.05) is 13.8 Å². The standard InChI is InChI=1S/C12H19N3O2S/c1-9-7-13-12(15-10(9)2)14-8-11-5-3-4-6-18(11,16)17/h7,11H,3-6,8H2,1-2H3,(H,13,14,15). The van der Waals surface area contributed by atoms with Crippen molar-refractivity contribution in [3.63, 3.8) is 0 Å². The van der Waals surface area contributed by atoms with E-state index < -0.39 is 9.84 Å². The maximum absolute atomic E-state index is 11.8. The normalized spacial score (nSPS) is 22.7. The van der Waals surface area contributed by atoms with Crippen LogP contribution in [0.2, 0.25) is 0 Å². The van der Waals surface area contributed by atoms with E-state index >= 15 is 0 Å². The highest BCUT2D eigenvalue weighted by Crippen LogP contribution is 2.19. The summed E-state index contributed by atoms with van der Waals surface area (Å²) < 4.78 is 23.7. The van der Waals surface area contributed by atoms with Gasteiger partial charge in [-0.15, -0.1) is 0 Å². The smallest absolute Gasteiger partial charge is 0.222 e. The number of anilines is 1. The lowest BCUT2D eigenvalue weighted by Gasteiger charge is -2.22. The van der Waals surface area contributed by atoms with Crippen molar-refractivity contribution in [2.75, 3.05) is 17.6 Å². The zero-order valence-corrected chi connectivity index (χ0v) is 11.6. The van der Waals surface area contributed by atoms with Gasteiger partial charge < -0.3 is 5.32 Å². The molecule has 18 heavy (non-hydrogen) atoms. The first-order valence-corrected chi connectivity index (χ1v) is 7.96. The highest BCUT2D eigenvalue weighted by Gasteiger charge is 2.28. The molecule has 0 saturated carbocycles. The maximum atomic E-state index is 11.8.